The lowest BCUT2D eigenvalue weighted by atomic mass is 10.2. The number of aliphatic carboxylic acids is 1. The number of nitrogens with zero attached hydrogens (tertiary/aromatic N) is 2. The van der Waals surface area contributed by atoms with Gasteiger partial charge in [0.1, 0.15) is 0 Å². The minimum absolute atomic E-state index is 0.00898. The Morgan fingerprint density at radius 1 is 1.67 bits per heavy atom. The zero-order valence-corrected chi connectivity index (χ0v) is 12.0. The summed E-state index contributed by atoms with van der Waals surface area (Å²) in [6.07, 6.45) is 1.13. The van der Waals surface area contributed by atoms with E-state index in [2.05, 4.69) is 36.1 Å². The van der Waals surface area contributed by atoms with Crippen LogP contribution in [0.1, 0.15) is 26.0 Å². The number of thiazole rings is 1. The van der Waals surface area contributed by atoms with Crippen LogP contribution in [0.5, 0.6) is 0 Å². The van der Waals surface area contributed by atoms with Crippen molar-refractivity contribution in [2.75, 3.05) is 25.5 Å². The van der Waals surface area contributed by atoms with Gasteiger partial charge in [-0.15, -0.1) is 11.3 Å². The van der Waals surface area contributed by atoms with Crippen molar-refractivity contribution in [3.63, 3.8) is 0 Å². The number of aromatic nitrogens is 1. The smallest absolute Gasteiger partial charge is 0.309 e. The molecular formula is C12H21N3O2S. The number of carbonyl (C=O) groups is 1. The molecule has 0 saturated heterocycles. The standard InChI is InChI=1S/C12H21N3O2S/c1-4-9(2)15(3)6-5-13-12-14-10(8-18-12)7-11(16)17/h8-9H,4-7H2,1-3H3,(H,13,14)(H,16,17). The van der Waals surface area contributed by atoms with E-state index in [1.807, 2.05) is 0 Å². The second-order valence-corrected chi connectivity index (χ2v) is 5.24. The summed E-state index contributed by atoms with van der Waals surface area (Å²) in [7, 11) is 2.10. The number of likely N-dealkylation sites (N-methyl/N-ethyl adjacent to an activating group) is 1. The molecule has 1 atom stereocenters. The highest BCUT2D eigenvalue weighted by Gasteiger charge is 2.08. The Labute approximate surface area is 112 Å². The summed E-state index contributed by atoms with van der Waals surface area (Å²) in [4.78, 5) is 17.0. The maximum Gasteiger partial charge on any atom is 0.309 e. The second-order valence-electron chi connectivity index (χ2n) is 4.38. The molecule has 18 heavy (non-hydrogen) atoms. The van der Waals surface area contributed by atoms with Gasteiger partial charge in [0.2, 0.25) is 0 Å². The molecule has 0 fully saturated rings. The van der Waals surface area contributed by atoms with E-state index in [1.165, 1.54) is 11.3 Å². The summed E-state index contributed by atoms with van der Waals surface area (Å²) in [5.74, 6) is -0.844. The van der Waals surface area contributed by atoms with Gasteiger partial charge in [-0.3, -0.25) is 4.79 Å². The Hall–Kier alpha value is -1.14. The first-order valence-corrected chi connectivity index (χ1v) is 7.01. The van der Waals surface area contributed by atoms with Crippen LogP contribution in [-0.4, -0.2) is 47.1 Å². The fraction of sp³-hybridized carbons (Fsp3) is 0.667. The Balaban J connectivity index is 2.31. The molecule has 5 nitrogen and oxygen atoms in total. The van der Waals surface area contributed by atoms with Gasteiger partial charge in [0.25, 0.3) is 0 Å². The fourth-order valence-electron chi connectivity index (χ4n) is 1.50. The van der Waals surface area contributed by atoms with Crippen LogP contribution in [0.3, 0.4) is 0 Å². The monoisotopic (exact) mass is 271 g/mol. The van der Waals surface area contributed by atoms with Gasteiger partial charge in [-0.2, -0.15) is 0 Å². The molecule has 0 amide bonds. The van der Waals surface area contributed by atoms with E-state index in [-0.39, 0.29) is 6.42 Å². The predicted molar refractivity (Wildman–Crippen MR) is 74.3 cm³/mol. The number of anilines is 1. The molecule has 1 heterocycles. The average Bonchev–Trinajstić information content (AvgIpc) is 2.74. The quantitative estimate of drug-likeness (QED) is 0.756. The molecule has 0 aliphatic heterocycles. The Morgan fingerprint density at radius 2 is 2.39 bits per heavy atom. The van der Waals surface area contributed by atoms with Gasteiger partial charge in [0.05, 0.1) is 12.1 Å². The summed E-state index contributed by atoms with van der Waals surface area (Å²) in [6.45, 7) is 6.14. The highest BCUT2D eigenvalue weighted by molar-refractivity contribution is 7.13. The van der Waals surface area contributed by atoms with Gasteiger partial charge in [-0.05, 0) is 20.4 Å². The van der Waals surface area contributed by atoms with Crippen molar-refractivity contribution < 1.29 is 9.90 Å². The molecule has 1 aromatic heterocycles. The summed E-state index contributed by atoms with van der Waals surface area (Å²) >= 11 is 1.45. The molecule has 0 spiro atoms. The third-order valence-electron chi connectivity index (χ3n) is 2.97. The van der Waals surface area contributed by atoms with Crippen LogP contribution in [0.15, 0.2) is 5.38 Å². The van der Waals surface area contributed by atoms with Crippen molar-refractivity contribution in [3.05, 3.63) is 11.1 Å². The first-order valence-electron chi connectivity index (χ1n) is 6.13. The van der Waals surface area contributed by atoms with Gasteiger partial charge in [-0.1, -0.05) is 6.92 Å². The normalized spacial score (nSPS) is 12.7. The van der Waals surface area contributed by atoms with Crippen LogP contribution in [0.2, 0.25) is 0 Å². The van der Waals surface area contributed by atoms with E-state index in [4.69, 9.17) is 5.11 Å². The number of rotatable bonds is 8. The van der Waals surface area contributed by atoms with E-state index in [1.54, 1.807) is 5.38 Å². The summed E-state index contributed by atoms with van der Waals surface area (Å²) in [6, 6.07) is 0.575. The van der Waals surface area contributed by atoms with Crippen LogP contribution in [-0.2, 0) is 11.2 Å². The SMILES string of the molecule is CCC(C)N(C)CCNc1nc(CC(=O)O)cs1. The van der Waals surface area contributed by atoms with Crippen LogP contribution in [0, 0.1) is 0 Å². The van der Waals surface area contributed by atoms with Gasteiger partial charge in [-0.25, -0.2) is 4.98 Å². The molecule has 1 rings (SSSR count). The van der Waals surface area contributed by atoms with Crippen LogP contribution in [0.4, 0.5) is 5.13 Å². The molecule has 0 aromatic carbocycles. The molecule has 2 N–H and O–H groups in total. The zero-order chi connectivity index (χ0) is 13.5. The zero-order valence-electron chi connectivity index (χ0n) is 11.1. The minimum Gasteiger partial charge on any atom is -0.481 e. The highest BCUT2D eigenvalue weighted by Crippen LogP contribution is 2.15. The maximum atomic E-state index is 10.5. The number of carboxylic acids is 1. The minimum atomic E-state index is -0.844. The van der Waals surface area contributed by atoms with E-state index in [9.17, 15) is 4.79 Å². The number of carboxylic acid groups (broad SMARTS) is 1. The van der Waals surface area contributed by atoms with E-state index in [0.717, 1.165) is 24.6 Å². The third-order valence-corrected chi connectivity index (χ3v) is 3.82. The Kier molecular flexibility index (Phi) is 6.07. The van der Waals surface area contributed by atoms with Crippen molar-refractivity contribution in [1.82, 2.24) is 9.88 Å². The van der Waals surface area contributed by atoms with E-state index < -0.39 is 5.97 Å². The summed E-state index contributed by atoms with van der Waals surface area (Å²) in [5.41, 5.74) is 0.616. The maximum absolute atomic E-state index is 10.5. The van der Waals surface area contributed by atoms with Crippen molar-refractivity contribution in [3.8, 4) is 0 Å². The van der Waals surface area contributed by atoms with Crippen LogP contribution >= 0.6 is 11.3 Å². The average molecular weight is 271 g/mol. The van der Waals surface area contributed by atoms with Gasteiger partial charge in [0, 0.05) is 24.5 Å². The number of nitrogens with one attached hydrogen (secondary N) is 1. The molecule has 1 aromatic rings. The number of hydrogen-bond acceptors (Lipinski definition) is 5. The lowest BCUT2D eigenvalue weighted by Gasteiger charge is -2.23. The largest absolute Gasteiger partial charge is 0.481 e. The molecule has 0 bridgehead atoms. The van der Waals surface area contributed by atoms with Crippen molar-refractivity contribution in [2.45, 2.75) is 32.7 Å². The van der Waals surface area contributed by atoms with Crippen molar-refractivity contribution in [2.24, 2.45) is 0 Å². The van der Waals surface area contributed by atoms with Crippen molar-refractivity contribution in [1.29, 1.82) is 0 Å². The van der Waals surface area contributed by atoms with E-state index >= 15 is 0 Å². The number of hydrogen-bond donors (Lipinski definition) is 2. The van der Waals surface area contributed by atoms with Crippen LogP contribution < -0.4 is 5.32 Å². The first kappa shape index (κ1) is 14.9. The molecular weight excluding hydrogens is 250 g/mol. The van der Waals surface area contributed by atoms with Gasteiger partial charge >= 0.3 is 5.97 Å². The van der Waals surface area contributed by atoms with Gasteiger partial charge < -0.3 is 15.3 Å². The third kappa shape index (κ3) is 5.01. The predicted octanol–water partition coefficient (Wildman–Crippen LogP) is 1.91. The fourth-order valence-corrected chi connectivity index (χ4v) is 2.23. The lowest BCUT2D eigenvalue weighted by Crippen LogP contribution is -2.32. The second kappa shape index (κ2) is 7.33. The lowest BCUT2D eigenvalue weighted by molar-refractivity contribution is -0.136. The molecule has 0 aliphatic rings. The molecule has 0 aliphatic carbocycles. The molecule has 6 heteroatoms. The van der Waals surface area contributed by atoms with Crippen molar-refractivity contribution >= 4 is 22.4 Å². The van der Waals surface area contributed by atoms with Crippen LogP contribution in [0.25, 0.3) is 0 Å². The highest BCUT2D eigenvalue weighted by atomic mass is 32.1. The molecule has 0 radical (unpaired) electrons. The topological polar surface area (TPSA) is 65.5 Å². The van der Waals surface area contributed by atoms with E-state index in [0.29, 0.717) is 11.7 Å². The molecule has 102 valence electrons. The Bertz CT molecular complexity index is 381. The first-order chi connectivity index (χ1) is 8.52. The molecule has 0 saturated carbocycles. The molecule has 1 unspecified atom stereocenters. The summed E-state index contributed by atoms with van der Waals surface area (Å²) < 4.78 is 0. The Morgan fingerprint density at radius 3 is 3.00 bits per heavy atom. The summed E-state index contributed by atoms with van der Waals surface area (Å²) in [5, 5.41) is 14.5. The van der Waals surface area contributed by atoms with Gasteiger partial charge in [0.15, 0.2) is 5.13 Å².